The number of ether oxygens (including phenoxy) is 2. The van der Waals surface area contributed by atoms with E-state index in [4.69, 9.17) is 14.0 Å². The molecule has 3 rings (SSSR count). The molecule has 3 aromatic rings. The van der Waals surface area contributed by atoms with Crippen molar-refractivity contribution in [2.45, 2.75) is 32.7 Å². The monoisotopic (exact) mass is 480 g/mol. The molecule has 178 valence electrons. The van der Waals surface area contributed by atoms with Crippen LogP contribution >= 0.6 is 8.03 Å². The lowest BCUT2D eigenvalue weighted by Gasteiger charge is -2.16. The first kappa shape index (κ1) is 25.4. The maximum absolute atomic E-state index is 12.8. The van der Waals surface area contributed by atoms with Gasteiger partial charge in [0, 0.05) is 12.6 Å². The summed E-state index contributed by atoms with van der Waals surface area (Å²) in [6.07, 6.45) is 0.204. The Morgan fingerprint density at radius 1 is 0.676 bits per heavy atom. The van der Waals surface area contributed by atoms with Gasteiger partial charge in [0.15, 0.2) is 8.03 Å². The molecule has 34 heavy (non-hydrogen) atoms. The Bertz CT molecular complexity index is 1040. The van der Waals surface area contributed by atoms with Crippen molar-refractivity contribution in [1.29, 1.82) is 0 Å². The highest BCUT2D eigenvalue weighted by molar-refractivity contribution is 7.39. The Labute approximate surface area is 200 Å². The standard InChI is InChI=1S/C27H29O6P/c28-26(31-18-22-10-4-1-5-11-22)17-16-25(27(29)32-19-23-12-6-2-7-13-23)21-34(30)33-20-24-14-8-3-9-15-24/h1-15,25,34H,16-21H2. The van der Waals surface area contributed by atoms with Gasteiger partial charge >= 0.3 is 11.9 Å². The lowest BCUT2D eigenvalue weighted by Crippen LogP contribution is -2.22. The Hall–Kier alpha value is -3.21. The van der Waals surface area contributed by atoms with E-state index in [1.165, 1.54) is 0 Å². The average Bonchev–Trinajstić information content (AvgIpc) is 2.89. The molecule has 0 saturated carbocycles. The lowest BCUT2D eigenvalue weighted by atomic mass is 10.1. The van der Waals surface area contributed by atoms with Crippen molar-refractivity contribution < 1.29 is 28.2 Å². The first-order chi connectivity index (χ1) is 16.6. The van der Waals surface area contributed by atoms with Gasteiger partial charge in [0.2, 0.25) is 0 Å². The van der Waals surface area contributed by atoms with Crippen LogP contribution in [0.5, 0.6) is 0 Å². The third kappa shape index (κ3) is 9.34. The summed E-state index contributed by atoms with van der Waals surface area (Å²) in [5.74, 6) is -1.65. The summed E-state index contributed by atoms with van der Waals surface area (Å²) >= 11 is 0. The van der Waals surface area contributed by atoms with Gasteiger partial charge in [-0.05, 0) is 23.1 Å². The highest BCUT2D eigenvalue weighted by Crippen LogP contribution is 2.30. The number of hydrogen-bond acceptors (Lipinski definition) is 6. The summed E-state index contributed by atoms with van der Waals surface area (Å²) in [5, 5.41) is 0. The molecule has 2 atom stereocenters. The summed E-state index contributed by atoms with van der Waals surface area (Å²) < 4.78 is 28.9. The molecule has 3 aromatic carbocycles. The van der Waals surface area contributed by atoms with Crippen LogP contribution in [0.1, 0.15) is 29.5 Å². The molecule has 6 nitrogen and oxygen atoms in total. The van der Waals surface area contributed by atoms with Crippen LogP contribution < -0.4 is 0 Å². The summed E-state index contributed by atoms with van der Waals surface area (Å²) in [6, 6.07) is 28.1. The van der Waals surface area contributed by atoms with Crippen LogP contribution in [0.25, 0.3) is 0 Å². The third-order valence-electron chi connectivity index (χ3n) is 5.15. The van der Waals surface area contributed by atoms with E-state index < -0.39 is 25.9 Å². The van der Waals surface area contributed by atoms with Crippen LogP contribution in [0, 0.1) is 5.92 Å². The van der Waals surface area contributed by atoms with E-state index in [-0.39, 0.29) is 38.8 Å². The molecule has 0 aliphatic rings. The second kappa shape index (κ2) is 14.1. The molecule has 0 bridgehead atoms. The van der Waals surface area contributed by atoms with Gasteiger partial charge in [0.25, 0.3) is 0 Å². The van der Waals surface area contributed by atoms with Crippen LogP contribution in [-0.2, 0) is 48.0 Å². The Balaban J connectivity index is 1.52. The van der Waals surface area contributed by atoms with E-state index in [2.05, 4.69) is 0 Å². The van der Waals surface area contributed by atoms with E-state index in [1.54, 1.807) is 0 Å². The van der Waals surface area contributed by atoms with Crippen molar-refractivity contribution >= 4 is 20.0 Å². The van der Waals surface area contributed by atoms with Gasteiger partial charge < -0.3 is 14.0 Å². The predicted octanol–water partition coefficient (Wildman–Crippen LogP) is 5.56. The molecule has 0 saturated heterocycles. The molecule has 0 radical (unpaired) electrons. The smallest absolute Gasteiger partial charge is 0.309 e. The zero-order chi connectivity index (χ0) is 24.0. The fourth-order valence-corrected chi connectivity index (χ4v) is 4.47. The maximum Gasteiger partial charge on any atom is 0.309 e. The fourth-order valence-electron chi connectivity index (χ4n) is 3.25. The second-order valence-corrected chi connectivity index (χ2v) is 9.27. The Morgan fingerprint density at radius 2 is 1.15 bits per heavy atom. The molecule has 0 N–H and O–H groups in total. The zero-order valence-corrected chi connectivity index (χ0v) is 19.9. The summed E-state index contributed by atoms with van der Waals surface area (Å²) in [5.41, 5.74) is 2.63. The van der Waals surface area contributed by atoms with Gasteiger partial charge in [-0.25, -0.2) is 0 Å². The molecule has 7 heteroatoms. The highest BCUT2D eigenvalue weighted by atomic mass is 31.1. The topological polar surface area (TPSA) is 78.9 Å². The quantitative estimate of drug-likeness (QED) is 0.235. The van der Waals surface area contributed by atoms with Crippen LogP contribution in [0.2, 0.25) is 0 Å². The molecule has 0 spiro atoms. The van der Waals surface area contributed by atoms with Crippen molar-refractivity contribution in [3.05, 3.63) is 108 Å². The number of hydrogen-bond donors (Lipinski definition) is 0. The van der Waals surface area contributed by atoms with Gasteiger partial charge in [-0.3, -0.25) is 14.2 Å². The predicted molar refractivity (Wildman–Crippen MR) is 130 cm³/mol. The molecule has 0 amide bonds. The number of rotatable bonds is 13. The van der Waals surface area contributed by atoms with Gasteiger partial charge in [-0.2, -0.15) is 0 Å². The Morgan fingerprint density at radius 3 is 1.68 bits per heavy atom. The summed E-state index contributed by atoms with van der Waals surface area (Å²) in [7, 11) is -2.52. The van der Waals surface area contributed by atoms with Crippen molar-refractivity contribution in [2.24, 2.45) is 5.92 Å². The van der Waals surface area contributed by atoms with Crippen molar-refractivity contribution in [2.75, 3.05) is 6.16 Å². The van der Waals surface area contributed by atoms with Gasteiger partial charge in [0.05, 0.1) is 12.5 Å². The molecular formula is C27H29O6P. The minimum atomic E-state index is -2.52. The molecule has 0 aliphatic carbocycles. The van der Waals surface area contributed by atoms with Crippen LogP contribution in [-0.4, -0.2) is 18.1 Å². The minimum Gasteiger partial charge on any atom is -0.461 e. The van der Waals surface area contributed by atoms with E-state index in [0.29, 0.717) is 0 Å². The van der Waals surface area contributed by atoms with E-state index in [0.717, 1.165) is 16.7 Å². The first-order valence-corrected chi connectivity index (χ1v) is 12.7. The van der Waals surface area contributed by atoms with Crippen LogP contribution in [0.15, 0.2) is 91.0 Å². The maximum atomic E-state index is 12.8. The summed E-state index contributed by atoms with van der Waals surface area (Å²) in [4.78, 5) is 25.0. The van der Waals surface area contributed by atoms with Crippen molar-refractivity contribution in [1.82, 2.24) is 0 Å². The molecule has 0 aromatic heterocycles. The van der Waals surface area contributed by atoms with Gasteiger partial charge in [-0.1, -0.05) is 91.0 Å². The van der Waals surface area contributed by atoms with Gasteiger partial charge in [0.1, 0.15) is 13.2 Å². The molecule has 2 unspecified atom stereocenters. The first-order valence-electron chi connectivity index (χ1n) is 11.2. The lowest BCUT2D eigenvalue weighted by molar-refractivity contribution is -0.150. The molecule has 0 heterocycles. The van der Waals surface area contributed by atoms with Gasteiger partial charge in [-0.15, -0.1) is 0 Å². The van der Waals surface area contributed by atoms with Crippen LogP contribution in [0.4, 0.5) is 0 Å². The third-order valence-corrected chi connectivity index (χ3v) is 6.44. The van der Waals surface area contributed by atoms with Crippen molar-refractivity contribution in [3.63, 3.8) is 0 Å². The second-order valence-electron chi connectivity index (χ2n) is 7.83. The molecule has 0 aliphatic heterocycles. The largest absolute Gasteiger partial charge is 0.461 e. The fraction of sp³-hybridized carbons (Fsp3) is 0.259. The molecule has 0 fully saturated rings. The number of benzene rings is 3. The Kier molecular flexibility index (Phi) is 10.6. The highest BCUT2D eigenvalue weighted by Gasteiger charge is 2.24. The van der Waals surface area contributed by atoms with Crippen LogP contribution in [0.3, 0.4) is 0 Å². The number of carbonyl (C=O) groups excluding carboxylic acids is 2. The number of carbonyl (C=O) groups is 2. The minimum absolute atomic E-state index is 0.0110. The number of esters is 2. The van der Waals surface area contributed by atoms with E-state index in [9.17, 15) is 14.2 Å². The normalized spacial score (nSPS) is 12.5. The molecular weight excluding hydrogens is 451 g/mol. The average molecular weight is 480 g/mol. The SMILES string of the molecule is O=C(CCC(C[PH](=O)OCc1ccccc1)C(=O)OCc1ccccc1)OCc1ccccc1. The zero-order valence-electron chi connectivity index (χ0n) is 18.9. The van der Waals surface area contributed by atoms with E-state index in [1.807, 2.05) is 91.0 Å². The summed E-state index contributed by atoms with van der Waals surface area (Å²) in [6.45, 7) is 0.476. The van der Waals surface area contributed by atoms with E-state index >= 15 is 0 Å². The van der Waals surface area contributed by atoms with Crippen molar-refractivity contribution in [3.8, 4) is 0 Å².